The van der Waals surface area contributed by atoms with E-state index >= 15 is 0 Å². The Labute approximate surface area is 152 Å². The number of piperidine rings is 2. The third-order valence-corrected chi connectivity index (χ3v) is 5.82. The largest absolute Gasteiger partial charge is 0.341 e. The first-order valence-corrected chi connectivity index (χ1v) is 10.2. The molecule has 0 radical (unpaired) electrons. The Hall–Kier alpha value is 0.0300. The van der Waals surface area contributed by atoms with Crippen molar-refractivity contribution < 1.29 is 4.79 Å². The molecule has 0 aromatic rings. The minimum Gasteiger partial charge on any atom is -0.341 e. The van der Waals surface area contributed by atoms with Crippen LogP contribution in [0.2, 0.25) is 0 Å². The Morgan fingerprint density at radius 3 is 2.61 bits per heavy atom. The molecule has 2 aliphatic rings. The molecule has 4 nitrogen and oxygen atoms in total. The monoisotopic (exact) mass is 363 g/mol. The highest BCUT2D eigenvalue weighted by atomic mass is 35.5. The van der Waals surface area contributed by atoms with Gasteiger partial charge < -0.3 is 15.5 Å². The van der Waals surface area contributed by atoms with Crippen LogP contribution in [-0.4, -0.2) is 66.5 Å². The van der Waals surface area contributed by atoms with Crippen LogP contribution in [0.25, 0.3) is 0 Å². The molecule has 2 fully saturated rings. The van der Waals surface area contributed by atoms with Crippen LogP contribution in [0.4, 0.5) is 0 Å². The standard InChI is InChI=1S/C17H33N3OS.ClH/c1-14-5-9-19(10-6-14)12-15-4-3-8-20(13-15)17(21)16(18)7-11-22-2;/h14-16H,3-13,18H2,1-2H3;1H/t15?,16-;/m0./s1. The van der Waals surface area contributed by atoms with E-state index in [4.69, 9.17) is 5.73 Å². The van der Waals surface area contributed by atoms with Crippen molar-refractivity contribution >= 4 is 30.1 Å². The van der Waals surface area contributed by atoms with Gasteiger partial charge >= 0.3 is 0 Å². The zero-order valence-corrected chi connectivity index (χ0v) is 16.3. The highest BCUT2D eigenvalue weighted by Gasteiger charge is 2.28. The summed E-state index contributed by atoms with van der Waals surface area (Å²) in [6, 6.07) is -0.304. The zero-order valence-electron chi connectivity index (χ0n) is 14.7. The predicted octanol–water partition coefficient (Wildman–Crippen LogP) is 2.46. The van der Waals surface area contributed by atoms with Gasteiger partial charge in [-0.25, -0.2) is 0 Å². The van der Waals surface area contributed by atoms with Gasteiger partial charge in [-0.15, -0.1) is 12.4 Å². The Balaban J connectivity index is 0.00000264. The number of amides is 1. The fourth-order valence-electron chi connectivity index (χ4n) is 3.63. The minimum atomic E-state index is -0.304. The summed E-state index contributed by atoms with van der Waals surface area (Å²) in [5, 5.41) is 0. The summed E-state index contributed by atoms with van der Waals surface area (Å²) in [7, 11) is 0. The van der Waals surface area contributed by atoms with Crippen molar-refractivity contribution in [2.45, 2.75) is 45.1 Å². The lowest BCUT2D eigenvalue weighted by molar-refractivity contribution is -0.134. The van der Waals surface area contributed by atoms with E-state index in [-0.39, 0.29) is 24.4 Å². The molecule has 2 saturated heterocycles. The third kappa shape index (κ3) is 6.81. The van der Waals surface area contributed by atoms with Crippen molar-refractivity contribution in [1.82, 2.24) is 9.80 Å². The van der Waals surface area contributed by atoms with Gasteiger partial charge in [0.2, 0.25) is 5.91 Å². The van der Waals surface area contributed by atoms with Crippen molar-refractivity contribution in [3.05, 3.63) is 0 Å². The van der Waals surface area contributed by atoms with Gasteiger partial charge in [-0.1, -0.05) is 6.92 Å². The molecule has 2 heterocycles. The Morgan fingerprint density at radius 1 is 1.26 bits per heavy atom. The van der Waals surface area contributed by atoms with Gasteiger partial charge in [0.25, 0.3) is 0 Å². The van der Waals surface area contributed by atoms with Crippen molar-refractivity contribution in [1.29, 1.82) is 0 Å². The molecular formula is C17H34ClN3OS. The van der Waals surface area contributed by atoms with Crippen LogP contribution in [0.3, 0.4) is 0 Å². The van der Waals surface area contributed by atoms with Crippen LogP contribution >= 0.6 is 24.2 Å². The van der Waals surface area contributed by atoms with E-state index in [1.807, 2.05) is 4.90 Å². The number of nitrogens with two attached hydrogens (primary N) is 1. The summed E-state index contributed by atoms with van der Waals surface area (Å²) < 4.78 is 0. The number of thioether (sulfide) groups is 1. The summed E-state index contributed by atoms with van der Waals surface area (Å²) in [6.07, 6.45) is 7.91. The number of halogens is 1. The fourth-order valence-corrected chi connectivity index (χ4v) is 4.12. The van der Waals surface area contributed by atoms with Crippen molar-refractivity contribution in [2.75, 3.05) is 44.7 Å². The molecule has 2 N–H and O–H groups in total. The van der Waals surface area contributed by atoms with Gasteiger partial charge in [-0.05, 0) is 69.0 Å². The molecule has 0 aromatic heterocycles. The number of hydrogen-bond acceptors (Lipinski definition) is 4. The normalized spacial score (nSPS) is 25.0. The average Bonchev–Trinajstić information content (AvgIpc) is 2.54. The van der Waals surface area contributed by atoms with E-state index in [0.717, 1.165) is 44.1 Å². The van der Waals surface area contributed by atoms with Crippen LogP contribution < -0.4 is 5.73 Å². The summed E-state index contributed by atoms with van der Waals surface area (Å²) in [5.74, 6) is 2.66. The molecule has 0 aromatic carbocycles. The lowest BCUT2D eigenvalue weighted by Crippen LogP contribution is -2.50. The zero-order chi connectivity index (χ0) is 15.9. The molecule has 1 unspecified atom stereocenters. The van der Waals surface area contributed by atoms with Gasteiger partial charge in [0.05, 0.1) is 6.04 Å². The highest BCUT2D eigenvalue weighted by Crippen LogP contribution is 2.22. The van der Waals surface area contributed by atoms with Gasteiger partial charge in [0.15, 0.2) is 0 Å². The first kappa shape index (κ1) is 21.1. The summed E-state index contributed by atoms with van der Waals surface area (Å²) in [6.45, 7) is 7.81. The third-order valence-electron chi connectivity index (χ3n) is 5.17. The first-order chi connectivity index (χ1) is 10.6. The summed E-state index contributed by atoms with van der Waals surface area (Å²) >= 11 is 1.76. The smallest absolute Gasteiger partial charge is 0.239 e. The van der Waals surface area contributed by atoms with E-state index in [2.05, 4.69) is 18.1 Å². The molecule has 0 saturated carbocycles. The topological polar surface area (TPSA) is 49.6 Å². The molecule has 6 heteroatoms. The molecule has 1 amide bonds. The van der Waals surface area contributed by atoms with E-state index in [0.29, 0.717) is 5.92 Å². The minimum absolute atomic E-state index is 0. The van der Waals surface area contributed by atoms with E-state index in [1.54, 1.807) is 11.8 Å². The second-order valence-electron chi connectivity index (χ2n) is 7.16. The lowest BCUT2D eigenvalue weighted by atomic mass is 9.94. The van der Waals surface area contributed by atoms with Gasteiger partial charge in [-0.2, -0.15) is 11.8 Å². The maximum atomic E-state index is 12.5. The van der Waals surface area contributed by atoms with Gasteiger partial charge in [0.1, 0.15) is 0 Å². The number of rotatable bonds is 6. The van der Waals surface area contributed by atoms with E-state index in [9.17, 15) is 4.79 Å². The molecule has 2 aliphatic heterocycles. The van der Waals surface area contributed by atoms with E-state index in [1.165, 1.54) is 32.4 Å². The number of carbonyl (C=O) groups excluding carboxylic acids is 1. The highest BCUT2D eigenvalue weighted by molar-refractivity contribution is 7.98. The molecule has 136 valence electrons. The quantitative estimate of drug-likeness (QED) is 0.787. The number of carbonyl (C=O) groups is 1. The average molecular weight is 364 g/mol. The molecule has 0 aliphatic carbocycles. The number of nitrogens with zero attached hydrogens (tertiary/aromatic N) is 2. The summed E-state index contributed by atoms with van der Waals surface area (Å²) in [4.78, 5) is 17.1. The van der Waals surface area contributed by atoms with Gasteiger partial charge in [0, 0.05) is 19.6 Å². The van der Waals surface area contributed by atoms with Crippen LogP contribution in [0.5, 0.6) is 0 Å². The van der Waals surface area contributed by atoms with Crippen molar-refractivity contribution in [3.8, 4) is 0 Å². The number of likely N-dealkylation sites (tertiary alicyclic amines) is 2. The lowest BCUT2D eigenvalue weighted by Gasteiger charge is -2.38. The molecule has 0 spiro atoms. The van der Waals surface area contributed by atoms with Crippen molar-refractivity contribution in [2.24, 2.45) is 17.6 Å². The Morgan fingerprint density at radius 2 is 1.96 bits per heavy atom. The SMILES string of the molecule is CSCC[C@H](N)C(=O)N1CCCC(CN2CCC(C)CC2)C1.Cl. The first-order valence-electron chi connectivity index (χ1n) is 8.85. The molecule has 2 atom stereocenters. The molecule has 23 heavy (non-hydrogen) atoms. The second kappa shape index (κ2) is 10.8. The van der Waals surface area contributed by atoms with Crippen LogP contribution in [0, 0.1) is 11.8 Å². The van der Waals surface area contributed by atoms with Crippen LogP contribution in [0.15, 0.2) is 0 Å². The molecular weight excluding hydrogens is 330 g/mol. The second-order valence-corrected chi connectivity index (χ2v) is 8.15. The maximum absolute atomic E-state index is 12.5. The Bertz CT molecular complexity index is 351. The van der Waals surface area contributed by atoms with Crippen molar-refractivity contribution in [3.63, 3.8) is 0 Å². The molecule has 0 bridgehead atoms. The Kier molecular flexibility index (Phi) is 9.90. The predicted molar refractivity (Wildman–Crippen MR) is 102 cm³/mol. The van der Waals surface area contributed by atoms with Crippen LogP contribution in [-0.2, 0) is 4.79 Å². The number of hydrogen-bond donors (Lipinski definition) is 1. The maximum Gasteiger partial charge on any atom is 0.239 e. The molecule has 2 rings (SSSR count). The van der Waals surface area contributed by atoms with Gasteiger partial charge in [-0.3, -0.25) is 4.79 Å². The van der Waals surface area contributed by atoms with Crippen LogP contribution in [0.1, 0.15) is 39.0 Å². The fraction of sp³-hybridized carbons (Fsp3) is 0.941. The van der Waals surface area contributed by atoms with E-state index < -0.39 is 0 Å². The summed E-state index contributed by atoms with van der Waals surface area (Å²) in [5.41, 5.74) is 6.06.